The van der Waals surface area contributed by atoms with E-state index in [1.165, 1.54) is 0 Å². The molecular weight excluding hydrogens is 148 g/mol. The van der Waals surface area contributed by atoms with Crippen LogP contribution in [0.2, 0.25) is 0 Å². The Morgan fingerprint density at radius 1 is 1.36 bits per heavy atom. The molecule has 1 N–H and O–H groups in total. The summed E-state index contributed by atoms with van der Waals surface area (Å²) in [5.41, 5.74) is 0. The molecule has 4 heteroatoms. The van der Waals surface area contributed by atoms with Crippen LogP contribution in [-0.2, 0) is 14.2 Å². The lowest BCUT2D eigenvalue weighted by atomic mass is 10.2. The minimum absolute atomic E-state index is 0.0972. The molecular formula is C7H12O4. The van der Waals surface area contributed by atoms with Crippen LogP contribution < -0.4 is 0 Å². The van der Waals surface area contributed by atoms with E-state index in [0.29, 0.717) is 6.61 Å². The molecule has 2 saturated heterocycles. The van der Waals surface area contributed by atoms with E-state index in [-0.39, 0.29) is 12.2 Å². The van der Waals surface area contributed by atoms with E-state index in [9.17, 15) is 5.11 Å². The van der Waals surface area contributed by atoms with Gasteiger partial charge in [-0.25, -0.2) is 0 Å². The van der Waals surface area contributed by atoms with E-state index in [1.54, 1.807) is 0 Å². The van der Waals surface area contributed by atoms with Gasteiger partial charge in [0.05, 0.1) is 6.61 Å². The highest BCUT2D eigenvalue weighted by Crippen LogP contribution is 2.33. The van der Waals surface area contributed by atoms with E-state index in [0.717, 1.165) is 0 Å². The lowest BCUT2D eigenvalue weighted by molar-refractivity contribution is -0.205. The Labute approximate surface area is 65.1 Å². The molecule has 2 aliphatic heterocycles. The maximum Gasteiger partial charge on any atom is 0.184 e. The number of ether oxygens (including phenoxy) is 3. The zero-order valence-electron chi connectivity index (χ0n) is 6.61. The molecule has 0 spiro atoms. The van der Waals surface area contributed by atoms with Gasteiger partial charge < -0.3 is 19.3 Å². The molecule has 0 aliphatic carbocycles. The zero-order chi connectivity index (χ0) is 8.06. The summed E-state index contributed by atoms with van der Waals surface area (Å²) in [6, 6.07) is 0. The van der Waals surface area contributed by atoms with Gasteiger partial charge in [-0.2, -0.15) is 0 Å². The van der Waals surface area contributed by atoms with Gasteiger partial charge in [-0.3, -0.25) is 0 Å². The van der Waals surface area contributed by atoms with Gasteiger partial charge >= 0.3 is 0 Å². The second kappa shape index (κ2) is 2.17. The molecule has 0 amide bonds. The van der Waals surface area contributed by atoms with E-state index in [4.69, 9.17) is 14.2 Å². The molecule has 2 aliphatic rings. The van der Waals surface area contributed by atoms with Gasteiger partial charge in [0, 0.05) is 0 Å². The number of hydrogen-bond donors (Lipinski definition) is 1. The zero-order valence-corrected chi connectivity index (χ0v) is 6.61. The van der Waals surface area contributed by atoms with Gasteiger partial charge in [-0.05, 0) is 13.8 Å². The molecule has 4 nitrogen and oxygen atoms in total. The molecule has 0 bridgehead atoms. The summed E-state index contributed by atoms with van der Waals surface area (Å²) in [6.07, 6.45) is -1.22. The van der Waals surface area contributed by atoms with Crippen molar-refractivity contribution in [1.29, 1.82) is 0 Å². The Morgan fingerprint density at radius 2 is 2.09 bits per heavy atom. The van der Waals surface area contributed by atoms with Crippen molar-refractivity contribution in [2.75, 3.05) is 6.61 Å². The van der Waals surface area contributed by atoms with Crippen molar-refractivity contribution in [1.82, 2.24) is 0 Å². The molecule has 64 valence electrons. The van der Waals surface area contributed by atoms with E-state index >= 15 is 0 Å². The second-order valence-electron chi connectivity index (χ2n) is 3.36. The van der Waals surface area contributed by atoms with Gasteiger partial charge in [0.25, 0.3) is 0 Å². The highest BCUT2D eigenvalue weighted by Gasteiger charge is 2.49. The van der Waals surface area contributed by atoms with Crippen molar-refractivity contribution in [2.24, 2.45) is 0 Å². The Bertz CT molecular complexity index is 168. The highest BCUT2D eigenvalue weighted by molar-refractivity contribution is 4.87. The van der Waals surface area contributed by atoms with Gasteiger partial charge in [-0.15, -0.1) is 0 Å². The number of fused-ring (bicyclic) bond motifs is 1. The predicted molar refractivity (Wildman–Crippen MR) is 35.8 cm³/mol. The van der Waals surface area contributed by atoms with Crippen molar-refractivity contribution in [3.05, 3.63) is 0 Å². The topological polar surface area (TPSA) is 47.9 Å². The summed E-state index contributed by atoms with van der Waals surface area (Å²) in [4.78, 5) is 0. The fourth-order valence-corrected chi connectivity index (χ4v) is 1.52. The average molecular weight is 160 g/mol. The monoisotopic (exact) mass is 160 g/mol. The molecule has 0 aromatic carbocycles. The van der Waals surface area contributed by atoms with Crippen LogP contribution in [-0.4, -0.2) is 36.0 Å². The van der Waals surface area contributed by atoms with Crippen LogP contribution in [0.1, 0.15) is 13.8 Å². The van der Waals surface area contributed by atoms with E-state index in [2.05, 4.69) is 0 Å². The molecule has 11 heavy (non-hydrogen) atoms. The largest absolute Gasteiger partial charge is 0.366 e. The first kappa shape index (κ1) is 7.49. The minimum Gasteiger partial charge on any atom is -0.366 e. The van der Waals surface area contributed by atoms with Crippen LogP contribution in [0.3, 0.4) is 0 Å². The number of aliphatic hydroxyl groups is 1. The lowest BCUT2D eigenvalue weighted by Gasteiger charge is -2.19. The van der Waals surface area contributed by atoms with Crippen molar-refractivity contribution in [2.45, 2.75) is 38.1 Å². The fourth-order valence-electron chi connectivity index (χ4n) is 1.52. The van der Waals surface area contributed by atoms with Gasteiger partial charge in [0.2, 0.25) is 0 Å². The fraction of sp³-hybridized carbons (Fsp3) is 1.00. The summed E-state index contributed by atoms with van der Waals surface area (Å²) in [7, 11) is 0. The number of rotatable bonds is 0. The minimum atomic E-state index is -0.818. The molecule has 0 saturated carbocycles. The summed E-state index contributed by atoms with van der Waals surface area (Å²) >= 11 is 0. The number of aliphatic hydroxyl groups excluding tert-OH is 1. The normalized spacial score (nSPS) is 47.7. The molecule has 2 rings (SSSR count). The maximum atomic E-state index is 9.20. The standard InChI is InChI=1S/C7H12O4/c1-7(2)10-4-3-9-6(8)5(4)11-7/h4-6,8H,3H2,1-2H3/t4?,5?,6-/m1/s1. The van der Waals surface area contributed by atoms with Crippen molar-refractivity contribution in [3.63, 3.8) is 0 Å². The molecule has 0 aromatic rings. The third-order valence-corrected chi connectivity index (χ3v) is 1.93. The summed E-state index contributed by atoms with van der Waals surface area (Å²) in [6.45, 7) is 4.09. The Balaban J connectivity index is 2.10. The second-order valence-corrected chi connectivity index (χ2v) is 3.36. The molecule has 0 radical (unpaired) electrons. The van der Waals surface area contributed by atoms with Gasteiger partial charge in [-0.1, -0.05) is 0 Å². The average Bonchev–Trinajstić information content (AvgIpc) is 2.31. The van der Waals surface area contributed by atoms with Gasteiger partial charge in [0.15, 0.2) is 12.1 Å². The van der Waals surface area contributed by atoms with Gasteiger partial charge in [0.1, 0.15) is 12.2 Å². The molecule has 2 unspecified atom stereocenters. The maximum absolute atomic E-state index is 9.20. The Hall–Kier alpha value is -0.160. The van der Waals surface area contributed by atoms with E-state index < -0.39 is 12.1 Å². The predicted octanol–water partition coefficient (Wildman–Crippen LogP) is -0.145. The Morgan fingerprint density at radius 3 is 2.73 bits per heavy atom. The molecule has 0 aromatic heterocycles. The lowest BCUT2D eigenvalue weighted by Crippen LogP contribution is -2.29. The van der Waals surface area contributed by atoms with Crippen molar-refractivity contribution < 1.29 is 19.3 Å². The summed E-state index contributed by atoms with van der Waals surface area (Å²) in [5, 5.41) is 9.20. The van der Waals surface area contributed by atoms with Crippen molar-refractivity contribution in [3.8, 4) is 0 Å². The van der Waals surface area contributed by atoms with Crippen molar-refractivity contribution >= 4 is 0 Å². The summed E-state index contributed by atoms with van der Waals surface area (Å²) in [5.74, 6) is -0.569. The van der Waals surface area contributed by atoms with Crippen LogP contribution in [0.15, 0.2) is 0 Å². The molecule has 2 fully saturated rings. The first-order valence-electron chi connectivity index (χ1n) is 3.74. The smallest absolute Gasteiger partial charge is 0.184 e. The number of hydrogen-bond acceptors (Lipinski definition) is 4. The molecule has 2 heterocycles. The first-order valence-corrected chi connectivity index (χ1v) is 3.74. The van der Waals surface area contributed by atoms with Crippen LogP contribution in [0.4, 0.5) is 0 Å². The summed E-state index contributed by atoms with van der Waals surface area (Å²) < 4.78 is 15.7. The first-order chi connectivity index (χ1) is 5.08. The quantitative estimate of drug-likeness (QED) is 0.535. The van der Waals surface area contributed by atoms with Crippen LogP contribution in [0.5, 0.6) is 0 Å². The third-order valence-electron chi connectivity index (χ3n) is 1.93. The third kappa shape index (κ3) is 1.16. The highest BCUT2D eigenvalue weighted by atomic mass is 16.8. The van der Waals surface area contributed by atoms with Crippen LogP contribution in [0, 0.1) is 0 Å². The SMILES string of the molecule is CC1(C)OC2CO[C@@H](O)C2O1. The van der Waals surface area contributed by atoms with Crippen LogP contribution in [0.25, 0.3) is 0 Å². The molecule has 3 atom stereocenters. The Kier molecular flexibility index (Phi) is 1.47. The van der Waals surface area contributed by atoms with Crippen LogP contribution >= 0.6 is 0 Å². The van der Waals surface area contributed by atoms with E-state index in [1.807, 2.05) is 13.8 Å².